The van der Waals surface area contributed by atoms with Crippen LogP contribution in [0.2, 0.25) is 0 Å². The Morgan fingerprint density at radius 3 is 1.24 bits per heavy atom. The van der Waals surface area contributed by atoms with Crippen LogP contribution in [0.15, 0.2) is 0 Å². The van der Waals surface area contributed by atoms with Gasteiger partial charge in [0.05, 0.1) is 12.7 Å². The molecular weight excluding hydrogens is 627 g/mol. The van der Waals surface area contributed by atoms with E-state index in [1.807, 2.05) is 0 Å². The fourth-order valence-corrected chi connectivity index (χ4v) is 7.81. The van der Waals surface area contributed by atoms with Gasteiger partial charge in [-0.15, -0.1) is 0 Å². The molecule has 51 heavy (non-hydrogen) atoms. The van der Waals surface area contributed by atoms with Gasteiger partial charge in [0.25, 0.3) is 0 Å². The summed E-state index contributed by atoms with van der Waals surface area (Å²) in [6.07, 6.45) is 44.6. The summed E-state index contributed by atoms with van der Waals surface area (Å²) in [6.45, 7) is 11.8. The Bertz CT molecular complexity index is 662. The Balaban J connectivity index is 4.13. The predicted octanol–water partition coefficient (Wildman–Crippen LogP) is 15.1. The third-order valence-electron chi connectivity index (χ3n) is 11.2. The van der Waals surface area contributed by atoms with Gasteiger partial charge in [0.15, 0.2) is 0 Å². The minimum Gasteiger partial charge on any atom is -0.466 e. The smallest absolute Gasteiger partial charge is 0.306 e. The van der Waals surface area contributed by atoms with Crippen molar-refractivity contribution >= 4 is 5.97 Å². The third-order valence-corrected chi connectivity index (χ3v) is 11.2. The summed E-state index contributed by atoms with van der Waals surface area (Å²) in [6, 6.07) is 0. The molecule has 0 aliphatic rings. The second-order valence-corrected chi connectivity index (χ2v) is 16.8. The minimum absolute atomic E-state index is 0.0410. The Kier molecular flexibility index (Phi) is 40.1. The average Bonchev–Trinajstić information content (AvgIpc) is 3.11. The lowest BCUT2D eigenvalue weighted by atomic mass is 9.90. The van der Waals surface area contributed by atoms with Crippen molar-refractivity contribution in [3.05, 3.63) is 0 Å². The number of carbonyl (C=O) groups excluding carboxylic acids is 1. The van der Waals surface area contributed by atoms with Gasteiger partial charge in [-0.25, -0.2) is 0 Å². The quantitative estimate of drug-likeness (QED) is 0.0465. The minimum atomic E-state index is 0.0410. The van der Waals surface area contributed by atoms with Crippen LogP contribution in [-0.2, 0) is 14.3 Å². The molecule has 0 saturated carbocycles. The number of hydrogen-bond acceptors (Lipinski definition) is 4. The van der Waals surface area contributed by atoms with Crippen LogP contribution < -0.4 is 0 Å². The fraction of sp³-hybridized carbons (Fsp3) is 0.979. The van der Waals surface area contributed by atoms with Crippen LogP contribution >= 0.6 is 0 Å². The van der Waals surface area contributed by atoms with Crippen LogP contribution in [0, 0.1) is 11.8 Å². The van der Waals surface area contributed by atoms with Crippen molar-refractivity contribution in [2.45, 2.75) is 252 Å². The second-order valence-electron chi connectivity index (χ2n) is 16.8. The Morgan fingerprint density at radius 2 is 0.804 bits per heavy atom. The van der Waals surface area contributed by atoms with Crippen molar-refractivity contribution in [1.29, 1.82) is 0 Å². The summed E-state index contributed by atoms with van der Waals surface area (Å²) in [5.41, 5.74) is 0. The van der Waals surface area contributed by atoms with E-state index in [1.54, 1.807) is 0 Å². The maximum atomic E-state index is 12.5. The first-order chi connectivity index (χ1) is 25.0. The molecule has 0 aliphatic carbocycles. The van der Waals surface area contributed by atoms with E-state index in [4.69, 9.17) is 9.47 Å². The monoisotopic (exact) mass is 722 g/mol. The first-order valence-corrected chi connectivity index (χ1v) is 23.4. The molecule has 0 rings (SSSR count). The highest BCUT2D eigenvalue weighted by Crippen LogP contribution is 2.25. The van der Waals surface area contributed by atoms with Crippen molar-refractivity contribution in [3.63, 3.8) is 0 Å². The summed E-state index contributed by atoms with van der Waals surface area (Å²) in [5, 5.41) is 0. The number of esters is 1. The molecule has 0 radical (unpaired) electrons. The van der Waals surface area contributed by atoms with E-state index in [0.717, 1.165) is 31.9 Å². The van der Waals surface area contributed by atoms with Crippen LogP contribution in [0.3, 0.4) is 0 Å². The fourth-order valence-electron chi connectivity index (χ4n) is 7.81. The number of carbonyl (C=O) groups is 1. The molecule has 0 heterocycles. The van der Waals surface area contributed by atoms with Crippen LogP contribution in [0.1, 0.15) is 246 Å². The summed E-state index contributed by atoms with van der Waals surface area (Å²) in [4.78, 5) is 14.8. The summed E-state index contributed by atoms with van der Waals surface area (Å²) >= 11 is 0. The largest absolute Gasteiger partial charge is 0.466 e. The van der Waals surface area contributed by atoms with Crippen molar-refractivity contribution < 1.29 is 14.3 Å². The molecule has 0 aromatic carbocycles. The lowest BCUT2D eigenvalue weighted by Crippen LogP contribution is -2.18. The highest BCUT2D eigenvalue weighted by atomic mass is 16.5. The molecule has 1 atom stereocenters. The van der Waals surface area contributed by atoms with E-state index in [0.29, 0.717) is 25.0 Å². The third kappa shape index (κ3) is 37.5. The highest BCUT2D eigenvalue weighted by Gasteiger charge is 2.15. The molecule has 0 amide bonds. The Hall–Kier alpha value is -0.610. The maximum Gasteiger partial charge on any atom is 0.306 e. The summed E-state index contributed by atoms with van der Waals surface area (Å²) < 4.78 is 12.1. The Morgan fingerprint density at radius 1 is 0.431 bits per heavy atom. The van der Waals surface area contributed by atoms with Gasteiger partial charge in [0, 0.05) is 13.0 Å². The molecule has 0 N–H and O–H groups in total. The number of nitrogens with zero attached hydrogens (tertiary/aromatic N) is 1. The van der Waals surface area contributed by atoms with E-state index >= 15 is 0 Å². The molecule has 4 heteroatoms. The van der Waals surface area contributed by atoms with Crippen LogP contribution in [0.4, 0.5) is 0 Å². The van der Waals surface area contributed by atoms with Gasteiger partial charge in [0.1, 0.15) is 0 Å². The summed E-state index contributed by atoms with van der Waals surface area (Å²) in [7, 11) is 4.31. The number of rotatable bonds is 42. The molecule has 1 unspecified atom stereocenters. The maximum absolute atomic E-state index is 12.5. The Labute approximate surface area is 322 Å². The second kappa shape index (κ2) is 40.6. The van der Waals surface area contributed by atoms with Gasteiger partial charge in [-0.2, -0.15) is 0 Å². The summed E-state index contributed by atoms with van der Waals surface area (Å²) in [5.74, 6) is 1.56. The van der Waals surface area contributed by atoms with Crippen molar-refractivity contribution in [2.24, 2.45) is 11.8 Å². The molecule has 4 nitrogen and oxygen atoms in total. The standard InChI is InChI=1S/C47H95NO3/c1-7-11-24-33-44(34-25-12-8-2)35-28-20-16-15-17-21-29-38-46(50-42-32-40-48(5)6)39-30-22-18-19-23-31-41-51-47(49)43-45(36-26-13-9-3)37-27-14-10-4/h44-46H,7-43H2,1-6H3. The molecule has 0 aromatic rings. The molecule has 0 saturated heterocycles. The predicted molar refractivity (Wildman–Crippen MR) is 226 cm³/mol. The number of hydrogen-bond donors (Lipinski definition) is 0. The van der Waals surface area contributed by atoms with E-state index in [-0.39, 0.29) is 5.97 Å². The van der Waals surface area contributed by atoms with E-state index in [9.17, 15) is 4.79 Å². The van der Waals surface area contributed by atoms with E-state index < -0.39 is 0 Å². The number of unbranched alkanes of at least 4 members (excludes halogenated alkanes) is 19. The van der Waals surface area contributed by atoms with Crippen LogP contribution in [-0.4, -0.2) is 50.8 Å². The molecule has 0 aromatic heterocycles. The van der Waals surface area contributed by atoms with E-state index in [1.165, 1.54) is 199 Å². The van der Waals surface area contributed by atoms with Gasteiger partial charge < -0.3 is 14.4 Å². The van der Waals surface area contributed by atoms with Crippen molar-refractivity contribution in [2.75, 3.05) is 33.9 Å². The highest BCUT2D eigenvalue weighted by molar-refractivity contribution is 5.69. The lowest BCUT2D eigenvalue weighted by Gasteiger charge is -2.19. The van der Waals surface area contributed by atoms with Gasteiger partial charge in [-0.05, 0) is 71.0 Å². The van der Waals surface area contributed by atoms with E-state index in [2.05, 4.69) is 46.7 Å². The van der Waals surface area contributed by atoms with Gasteiger partial charge in [-0.3, -0.25) is 4.79 Å². The van der Waals surface area contributed by atoms with Crippen LogP contribution in [0.25, 0.3) is 0 Å². The first kappa shape index (κ1) is 50.4. The first-order valence-electron chi connectivity index (χ1n) is 23.4. The average molecular weight is 722 g/mol. The van der Waals surface area contributed by atoms with Gasteiger partial charge >= 0.3 is 5.97 Å². The number of ether oxygens (including phenoxy) is 2. The zero-order valence-corrected chi connectivity index (χ0v) is 36.1. The van der Waals surface area contributed by atoms with Crippen LogP contribution in [0.5, 0.6) is 0 Å². The SMILES string of the molecule is CCCCCC(CCCCC)CCCCCCCCCC(CCCCCCCCOC(=O)CC(CCCCC)CCCCC)OCCCN(C)C. The molecule has 0 fully saturated rings. The van der Waals surface area contributed by atoms with Gasteiger partial charge in [0.2, 0.25) is 0 Å². The normalized spacial score (nSPS) is 12.5. The van der Waals surface area contributed by atoms with Crippen molar-refractivity contribution in [3.8, 4) is 0 Å². The molecule has 0 aliphatic heterocycles. The molecule has 306 valence electrons. The zero-order valence-electron chi connectivity index (χ0n) is 36.1. The van der Waals surface area contributed by atoms with Crippen molar-refractivity contribution in [1.82, 2.24) is 4.90 Å². The molecular formula is C47H95NO3. The molecule has 0 bridgehead atoms. The topological polar surface area (TPSA) is 38.8 Å². The molecule has 0 spiro atoms. The van der Waals surface area contributed by atoms with Gasteiger partial charge in [-0.1, -0.05) is 201 Å². The zero-order chi connectivity index (χ0) is 37.5. The lowest BCUT2D eigenvalue weighted by molar-refractivity contribution is -0.145.